The Morgan fingerprint density at radius 1 is 1.25 bits per heavy atom. The summed E-state index contributed by atoms with van der Waals surface area (Å²) in [4.78, 5) is 14.5. The summed E-state index contributed by atoms with van der Waals surface area (Å²) < 4.78 is 13.0. The molecule has 24 heavy (non-hydrogen) atoms. The van der Waals surface area contributed by atoms with Crippen LogP contribution in [0.5, 0.6) is 0 Å². The first-order valence-electron chi connectivity index (χ1n) is 8.06. The van der Waals surface area contributed by atoms with Gasteiger partial charge in [-0.05, 0) is 61.2 Å². The van der Waals surface area contributed by atoms with Crippen LogP contribution < -0.4 is 5.32 Å². The SMILES string of the molecule is Cc1cc(Cl)ccc1NC(=O)CN(Cc1ccc(F)cc1)C1CC1. The van der Waals surface area contributed by atoms with E-state index in [4.69, 9.17) is 11.6 Å². The van der Waals surface area contributed by atoms with Crippen molar-refractivity contribution in [2.75, 3.05) is 11.9 Å². The van der Waals surface area contributed by atoms with Crippen LogP contribution in [0.2, 0.25) is 5.02 Å². The Hall–Kier alpha value is -1.91. The van der Waals surface area contributed by atoms with E-state index in [1.54, 1.807) is 18.2 Å². The van der Waals surface area contributed by atoms with Crippen LogP contribution in [0.4, 0.5) is 10.1 Å². The highest BCUT2D eigenvalue weighted by Crippen LogP contribution is 2.28. The Bertz CT molecular complexity index is 729. The Kier molecular flexibility index (Phi) is 5.17. The van der Waals surface area contributed by atoms with Crippen molar-refractivity contribution in [2.45, 2.75) is 32.4 Å². The van der Waals surface area contributed by atoms with Gasteiger partial charge in [0, 0.05) is 23.3 Å². The number of nitrogens with one attached hydrogen (secondary N) is 1. The van der Waals surface area contributed by atoms with E-state index < -0.39 is 0 Å². The minimum Gasteiger partial charge on any atom is -0.325 e. The maximum atomic E-state index is 13.0. The fraction of sp³-hybridized carbons (Fsp3) is 0.316. The molecule has 0 aliphatic heterocycles. The normalized spacial score (nSPS) is 14.0. The first-order valence-corrected chi connectivity index (χ1v) is 8.43. The van der Waals surface area contributed by atoms with Crippen LogP contribution in [0.3, 0.4) is 0 Å². The molecule has 0 saturated heterocycles. The lowest BCUT2D eigenvalue weighted by atomic mass is 10.2. The standard InChI is InChI=1S/C19H20ClFN2O/c1-13-10-15(20)4-9-18(13)22-19(24)12-23(17-7-8-17)11-14-2-5-16(21)6-3-14/h2-6,9-10,17H,7-8,11-12H2,1H3,(H,22,24). The summed E-state index contributed by atoms with van der Waals surface area (Å²) in [5.74, 6) is -0.290. The van der Waals surface area contributed by atoms with Crippen LogP contribution in [0.25, 0.3) is 0 Å². The van der Waals surface area contributed by atoms with E-state index in [9.17, 15) is 9.18 Å². The molecule has 0 aromatic heterocycles. The maximum absolute atomic E-state index is 13.0. The van der Waals surface area contributed by atoms with Gasteiger partial charge in [0.15, 0.2) is 0 Å². The second-order valence-corrected chi connectivity index (χ2v) is 6.71. The third-order valence-electron chi connectivity index (χ3n) is 4.17. The summed E-state index contributed by atoms with van der Waals surface area (Å²) >= 11 is 5.94. The minimum atomic E-state index is -0.243. The third kappa shape index (κ3) is 4.56. The summed E-state index contributed by atoms with van der Waals surface area (Å²) in [7, 11) is 0. The zero-order valence-corrected chi connectivity index (χ0v) is 14.3. The highest BCUT2D eigenvalue weighted by Gasteiger charge is 2.30. The van der Waals surface area contributed by atoms with Gasteiger partial charge in [0.2, 0.25) is 5.91 Å². The number of nitrogens with zero attached hydrogens (tertiary/aromatic N) is 1. The molecule has 1 fully saturated rings. The average molecular weight is 347 g/mol. The molecule has 1 aliphatic carbocycles. The van der Waals surface area contributed by atoms with E-state index in [2.05, 4.69) is 10.2 Å². The molecule has 126 valence electrons. The van der Waals surface area contributed by atoms with Crippen molar-refractivity contribution in [1.29, 1.82) is 0 Å². The van der Waals surface area contributed by atoms with E-state index in [1.165, 1.54) is 12.1 Å². The first kappa shape index (κ1) is 16.9. The van der Waals surface area contributed by atoms with Crippen molar-refractivity contribution in [2.24, 2.45) is 0 Å². The molecule has 0 radical (unpaired) electrons. The van der Waals surface area contributed by atoms with Crippen molar-refractivity contribution >= 4 is 23.2 Å². The Morgan fingerprint density at radius 3 is 2.58 bits per heavy atom. The summed E-state index contributed by atoms with van der Waals surface area (Å²) in [5.41, 5.74) is 2.73. The molecule has 3 rings (SSSR count). The van der Waals surface area contributed by atoms with E-state index in [0.29, 0.717) is 24.2 Å². The van der Waals surface area contributed by atoms with E-state index in [0.717, 1.165) is 29.7 Å². The van der Waals surface area contributed by atoms with E-state index >= 15 is 0 Å². The number of aryl methyl sites for hydroxylation is 1. The van der Waals surface area contributed by atoms with E-state index in [1.807, 2.05) is 19.1 Å². The smallest absolute Gasteiger partial charge is 0.238 e. The van der Waals surface area contributed by atoms with Crippen molar-refractivity contribution in [3.63, 3.8) is 0 Å². The average Bonchev–Trinajstić information content (AvgIpc) is 3.36. The van der Waals surface area contributed by atoms with Gasteiger partial charge in [-0.25, -0.2) is 4.39 Å². The topological polar surface area (TPSA) is 32.3 Å². The van der Waals surface area contributed by atoms with Gasteiger partial charge in [0.25, 0.3) is 0 Å². The van der Waals surface area contributed by atoms with Crippen molar-refractivity contribution in [3.8, 4) is 0 Å². The van der Waals surface area contributed by atoms with Gasteiger partial charge >= 0.3 is 0 Å². The largest absolute Gasteiger partial charge is 0.325 e. The Balaban J connectivity index is 1.62. The zero-order chi connectivity index (χ0) is 17.1. The fourth-order valence-electron chi connectivity index (χ4n) is 2.72. The lowest BCUT2D eigenvalue weighted by Crippen LogP contribution is -2.34. The fourth-order valence-corrected chi connectivity index (χ4v) is 2.95. The summed E-state index contributed by atoms with van der Waals surface area (Å²) in [6.07, 6.45) is 2.21. The van der Waals surface area contributed by atoms with Gasteiger partial charge in [0.05, 0.1) is 6.54 Å². The molecule has 5 heteroatoms. The molecule has 1 aliphatic rings. The van der Waals surface area contributed by atoms with E-state index in [-0.39, 0.29) is 11.7 Å². The van der Waals surface area contributed by atoms with Crippen LogP contribution in [0.1, 0.15) is 24.0 Å². The van der Waals surface area contributed by atoms with Crippen molar-refractivity contribution in [1.82, 2.24) is 4.90 Å². The Labute approximate surface area is 146 Å². The number of amides is 1. The summed E-state index contributed by atoms with van der Waals surface area (Å²) in [6.45, 7) is 2.89. The second kappa shape index (κ2) is 7.32. The van der Waals surface area contributed by atoms with Crippen molar-refractivity contribution < 1.29 is 9.18 Å². The van der Waals surface area contributed by atoms with Gasteiger partial charge in [-0.15, -0.1) is 0 Å². The maximum Gasteiger partial charge on any atom is 0.238 e. The molecule has 0 heterocycles. The van der Waals surface area contributed by atoms with Crippen LogP contribution in [-0.4, -0.2) is 23.4 Å². The van der Waals surface area contributed by atoms with Gasteiger partial charge in [-0.2, -0.15) is 0 Å². The highest BCUT2D eigenvalue weighted by molar-refractivity contribution is 6.30. The summed E-state index contributed by atoms with van der Waals surface area (Å²) in [5, 5.41) is 3.60. The monoisotopic (exact) mass is 346 g/mol. The number of hydrogen-bond acceptors (Lipinski definition) is 2. The number of carbonyl (C=O) groups is 1. The van der Waals surface area contributed by atoms with Gasteiger partial charge in [0.1, 0.15) is 5.82 Å². The third-order valence-corrected chi connectivity index (χ3v) is 4.41. The summed E-state index contributed by atoms with van der Waals surface area (Å²) in [6, 6.07) is 12.3. The molecule has 3 nitrogen and oxygen atoms in total. The number of rotatable bonds is 6. The second-order valence-electron chi connectivity index (χ2n) is 6.27. The van der Waals surface area contributed by atoms with Crippen molar-refractivity contribution in [3.05, 3.63) is 64.4 Å². The van der Waals surface area contributed by atoms with Crippen LogP contribution in [0.15, 0.2) is 42.5 Å². The Morgan fingerprint density at radius 2 is 1.96 bits per heavy atom. The van der Waals surface area contributed by atoms with Gasteiger partial charge in [-0.3, -0.25) is 9.69 Å². The predicted octanol–water partition coefficient (Wildman–Crippen LogP) is 4.39. The lowest BCUT2D eigenvalue weighted by molar-refractivity contribution is -0.117. The van der Waals surface area contributed by atoms with Gasteiger partial charge in [-0.1, -0.05) is 23.7 Å². The molecular formula is C19H20ClFN2O. The molecule has 0 atom stereocenters. The quantitative estimate of drug-likeness (QED) is 0.841. The zero-order valence-electron chi connectivity index (χ0n) is 13.6. The number of carbonyl (C=O) groups excluding carboxylic acids is 1. The van der Waals surface area contributed by atoms with Crippen LogP contribution in [-0.2, 0) is 11.3 Å². The first-order chi connectivity index (χ1) is 11.5. The minimum absolute atomic E-state index is 0.0468. The number of hydrogen-bond donors (Lipinski definition) is 1. The predicted molar refractivity (Wildman–Crippen MR) is 94.7 cm³/mol. The molecule has 2 aromatic rings. The van der Waals surface area contributed by atoms with Gasteiger partial charge < -0.3 is 5.32 Å². The molecule has 1 saturated carbocycles. The lowest BCUT2D eigenvalue weighted by Gasteiger charge is -2.22. The highest BCUT2D eigenvalue weighted by atomic mass is 35.5. The number of anilines is 1. The number of halogens is 2. The molecule has 0 spiro atoms. The van der Waals surface area contributed by atoms with Crippen LogP contribution >= 0.6 is 11.6 Å². The molecule has 0 bridgehead atoms. The molecular weight excluding hydrogens is 327 g/mol. The molecule has 1 amide bonds. The molecule has 2 aromatic carbocycles. The molecule has 0 unspecified atom stereocenters. The van der Waals surface area contributed by atoms with Crippen LogP contribution in [0, 0.1) is 12.7 Å². The number of benzene rings is 2. The molecule has 1 N–H and O–H groups in total.